The van der Waals surface area contributed by atoms with E-state index in [1.165, 1.54) is 23.9 Å². The van der Waals surface area contributed by atoms with Crippen LogP contribution >= 0.6 is 11.8 Å². The van der Waals surface area contributed by atoms with Gasteiger partial charge in [-0.15, -0.1) is 10.2 Å². The Morgan fingerprint density at radius 3 is 2.62 bits per heavy atom. The molecule has 1 N–H and O–H groups in total. The Morgan fingerprint density at radius 1 is 1.14 bits per heavy atom. The van der Waals surface area contributed by atoms with Crippen LogP contribution in [-0.2, 0) is 16.0 Å². The van der Waals surface area contributed by atoms with Gasteiger partial charge >= 0.3 is 0 Å². The first-order chi connectivity index (χ1) is 14.2. The summed E-state index contributed by atoms with van der Waals surface area (Å²) in [6.45, 7) is 1.17. The maximum absolute atomic E-state index is 13.4. The molecule has 1 aromatic heterocycles. The van der Waals surface area contributed by atoms with Crippen molar-refractivity contribution in [2.24, 2.45) is 0 Å². The molecular formula is C21H23FN4O2S. The Morgan fingerprint density at radius 2 is 1.90 bits per heavy atom. The maximum atomic E-state index is 13.4. The number of benzene rings is 2. The predicted octanol–water partition coefficient (Wildman–Crippen LogP) is 3.24. The highest BCUT2D eigenvalue weighted by molar-refractivity contribution is 7.99. The van der Waals surface area contributed by atoms with Gasteiger partial charge in [0.2, 0.25) is 5.91 Å². The topological polar surface area (TPSA) is 69.0 Å². The van der Waals surface area contributed by atoms with E-state index in [2.05, 4.69) is 15.5 Å². The summed E-state index contributed by atoms with van der Waals surface area (Å²) < 4.78 is 20.2. The third kappa shape index (κ3) is 6.13. The minimum absolute atomic E-state index is 0.0793. The van der Waals surface area contributed by atoms with Crippen LogP contribution in [0.2, 0.25) is 0 Å². The zero-order chi connectivity index (χ0) is 20.5. The fourth-order valence-electron chi connectivity index (χ4n) is 2.76. The van der Waals surface area contributed by atoms with Gasteiger partial charge in [-0.05, 0) is 36.2 Å². The van der Waals surface area contributed by atoms with Gasteiger partial charge in [-0.2, -0.15) is 0 Å². The standard InChI is InChI=1S/C21H23FN4O2S/c1-28-13-5-12-23-20(27)15-29-21-25-24-19(14-16-6-3-2-4-7-16)26(21)18-10-8-17(22)9-11-18/h2-4,6-11H,5,12-15H2,1H3,(H,23,27). The third-order valence-corrected chi connectivity index (χ3v) is 5.10. The van der Waals surface area contributed by atoms with Gasteiger partial charge in [0.05, 0.1) is 5.75 Å². The van der Waals surface area contributed by atoms with E-state index in [0.717, 1.165) is 23.5 Å². The number of halogens is 1. The van der Waals surface area contributed by atoms with Crippen LogP contribution in [0.5, 0.6) is 0 Å². The number of methoxy groups -OCH3 is 1. The Kier molecular flexibility index (Phi) is 7.77. The van der Waals surface area contributed by atoms with Gasteiger partial charge in [0, 0.05) is 32.4 Å². The van der Waals surface area contributed by atoms with E-state index in [9.17, 15) is 9.18 Å². The molecular weight excluding hydrogens is 391 g/mol. The zero-order valence-corrected chi connectivity index (χ0v) is 17.0. The molecule has 0 atom stereocenters. The molecule has 1 amide bonds. The molecule has 0 aliphatic heterocycles. The monoisotopic (exact) mass is 414 g/mol. The van der Waals surface area contributed by atoms with Crippen molar-refractivity contribution in [3.05, 3.63) is 71.8 Å². The molecule has 29 heavy (non-hydrogen) atoms. The molecule has 0 saturated heterocycles. The summed E-state index contributed by atoms with van der Waals surface area (Å²) in [4.78, 5) is 12.1. The molecule has 3 rings (SSSR count). The van der Waals surface area contributed by atoms with Gasteiger partial charge in [-0.3, -0.25) is 9.36 Å². The number of carbonyl (C=O) groups is 1. The fraction of sp³-hybridized carbons (Fsp3) is 0.286. The first-order valence-corrected chi connectivity index (χ1v) is 10.3. The number of nitrogens with zero attached hydrogens (tertiary/aromatic N) is 3. The average Bonchev–Trinajstić information content (AvgIpc) is 3.13. The average molecular weight is 415 g/mol. The fourth-order valence-corrected chi connectivity index (χ4v) is 3.56. The van der Waals surface area contributed by atoms with Crippen molar-refractivity contribution >= 4 is 17.7 Å². The SMILES string of the molecule is COCCCNC(=O)CSc1nnc(Cc2ccccc2)n1-c1ccc(F)cc1. The summed E-state index contributed by atoms with van der Waals surface area (Å²) in [5.74, 6) is 0.559. The van der Waals surface area contributed by atoms with Gasteiger partial charge in [0.25, 0.3) is 0 Å². The molecule has 152 valence electrons. The van der Waals surface area contributed by atoms with Crippen molar-refractivity contribution in [1.82, 2.24) is 20.1 Å². The number of carbonyl (C=O) groups excluding carboxylic acids is 1. The summed E-state index contributed by atoms with van der Waals surface area (Å²) in [6, 6.07) is 16.1. The molecule has 0 unspecified atom stereocenters. The Bertz CT molecular complexity index is 916. The minimum atomic E-state index is -0.309. The van der Waals surface area contributed by atoms with E-state index in [4.69, 9.17) is 4.74 Å². The summed E-state index contributed by atoms with van der Waals surface area (Å²) in [5, 5.41) is 12.0. The first kappa shape index (κ1) is 21.0. The predicted molar refractivity (Wildman–Crippen MR) is 111 cm³/mol. The molecule has 0 fully saturated rings. The van der Waals surface area contributed by atoms with Crippen LogP contribution in [-0.4, -0.2) is 46.7 Å². The number of thioether (sulfide) groups is 1. The smallest absolute Gasteiger partial charge is 0.230 e. The number of rotatable bonds is 10. The Labute approximate surface area is 173 Å². The molecule has 0 aliphatic carbocycles. The molecule has 0 saturated carbocycles. The molecule has 3 aromatic rings. The highest BCUT2D eigenvalue weighted by atomic mass is 32.2. The number of ether oxygens (including phenoxy) is 1. The van der Waals surface area contributed by atoms with Crippen LogP contribution < -0.4 is 5.32 Å². The zero-order valence-electron chi connectivity index (χ0n) is 16.2. The van der Waals surface area contributed by atoms with Crippen molar-refractivity contribution in [2.45, 2.75) is 18.0 Å². The van der Waals surface area contributed by atoms with Crippen LogP contribution in [0.4, 0.5) is 4.39 Å². The molecule has 0 aliphatic rings. The Balaban J connectivity index is 1.76. The number of amides is 1. The summed E-state index contributed by atoms with van der Waals surface area (Å²) in [5.41, 5.74) is 1.85. The van der Waals surface area contributed by atoms with E-state index in [1.807, 2.05) is 34.9 Å². The largest absolute Gasteiger partial charge is 0.385 e. The number of hydrogen-bond acceptors (Lipinski definition) is 5. The van der Waals surface area contributed by atoms with Gasteiger partial charge in [-0.25, -0.2) is 4.39 Å². The van der Waals surface area contributed by atoms with Crippen LogP contribution in [0.1, 0.15) is 17.8 Å². The molecule has 0 bridgehead atoms. The quantitative estimate of drug-likeness (QED) is 0.407. The lowest BCUT2D eigenvalue weighted by atomic mass is 10.1. The lowest BCUT2D eigenvalue weighted by Crippen LogP contribution is -2.27. The van der Waals surface area contributed by atoms with Gasteiger partial charge in [0.1, 0.15) is 11.6 Å². The second-order valence-corrected chi connectivity index (χ2v) is 7.30. The number of hydrogen-bond donors (Lipinski definition) is 1. The Hall–Kier alpha value is -2.71. The van der Waals surface area contributed by atoms with E-state index in [1.54, 1.807) is 19.2 Å². The van der Waals surface area contributed by atoms with Crippen molar-refractivity contribution in [1.29, 1.82) is 0 Å². The summed E-state index contributed by atoms with van der Waals surface area (Å²) in [7, 11) is 1.63. The second kappa shape index (κ2) is 10.7. The van der Waals surface area contributed by atoms with Crippen LogP contribution in [0, 0.1) is 5.82 Å². The van der Waals surface area contributed by atoms with Crippen molar-refractivity contribution in [3.8, 4) is 5.69 Å². The molecule has 0 radical (unpaired) electrons. The van der Waals surface area contributed by atoms with Crippen LogP contribution in [0.3, 0.4) is 0 Å². The molecule has 8 heteroatoms. The highest BCUT2D eigenvalue weighted by Crippen LogP contribution is 2.23. The second-order valence-electron chi connectivity index (χ2n) is 6.36. The summed E-state index contributed by atoms with van der Waals surface area (Å²) in [6.07, 6.45) is 1.34. The lowest BCUT2D eigenvalue weighted by molar-refractivity contribution is -0.118. The summed E-state index contributed by atoms with van der Waals surface area (Å²) >= 11 is 1.30. The van der Waals surface area contributed by atoms with E-state index in [0.29, 0.717) is 24.7 Å². The van der Waals surface area contributed by atoms with Gasteiger partial charge < -0.3 is 10.1 Å². The lowest BCUT2D eigenvalue weighted by Gasteiger charge is -2.10. The minimum Gasteiger partial charge on any atom is -0.385 e. The molecule has 0 spiro atoms. The third-order valence-electron chi connectivity index (χ3n) is 4.17. The molecule has 2 aromatic carbocycles. The number of nitrogens with one attached hydrogen (secondary N) is 1. The van der Waals surface area contributed by atoms with Gasteiger partial charge in [0.15, 0.2) is 5.16 Å². The molecule has 1 heterocycles. The first-order valence-electron chi connectivity index (χ1n) is 9.30. The van der Waals surface area contributed by atoms with E-state index < -0.39 is 0 Å². The van der Waals surface area contributed by atoms with E-state index >= 15 is 0 Å². The van der Waals surface area contributed by atoms with Crippen molar-refractivity contribution in [3.63, 3.8) is 0 Å². The maximum Gasteiger partial charge on any atom is 0.230 e. The van der Waals surface area contributed by atoms with Gasteiger partial charge in [-0.1, -0.05) is 42.1 Å². The normalized spacial score (nSPS) is 10.8. The highest BCUT2D eigenvalue weighted by Gasteiger charge is 2.16. The number of aromatic nitrogens is 3. The van der Waals surface area contributed by atoms with E-state index in [-0.39, 0.29) is 17.5 Å². The van der Waals surface area contributed by atoms with Crippen molar-refractivity contribution < 1.29 is 13.9 Å². The van der Waals surface area contributed by atoms with Crippen molar-refractivity contribution in [2.75, 3.05) is 26.0 Å². The van der Waals surface area contributed by atoms with Crippen LogP contribution in [0.25, 0.3) is 5.69 Å². The molecule has 6 nitrogen and oxygen atoms in total. The van der Waals surface area contributed by atoms with Crippen LogP contribution in [0.15, 0.2) is 59.8 Å².